The topological polar surface area (TPSA) is 113 Å². The lowest BCUT2D eigenvalue weighted by Crippen LogP contribution is -2.50. The number of nitrogens with one attached hydrogen (secondary N) is 1. The van der Waals surface area contributed by atoms with Gasteiger partial charge in [0.2, 0.25) is 26.0 Å². The Morgan fingerprint density at radius 2 is 1.73 bits per heavy atom. The van der Waals surface area contributed by atoms with Gasteiger partial charge in [-0.15, -0.1) is 0 Å². The minimum Gasteiger partial charge on any atom is -0.492 e. The fourth-order valence-electron chi connectivity index (χ4n) is 4.28. The number of carbonyl (C=O) groups is 1. The minimum absolute atomic E-state index is 0.120. The van der Waals surface area contributed by atoms with E-state index >= 15 is 0 Å². The van der Waals surface area contributed by atoms with E-state index in [9.17, 15) is 21.6 Å². The van der Waals surface area contributed by atoms with E-state index in [0.29, 0.717) is 35.1 Å². The van der Waals surface area contributed by atoms with Crippen LogP contribution in [0, 0.1) is 6.92 Å². The molecule has 1 aliphatic rings. The number of amides is 1. The third-order valence-corrected chi connectivity index (χ3v) is 9.50. The van der Waals surface area contributed by atoms with Crippen LogP contribution >= 0.6 is 11.6 Å². The van der Waals surface area contributed by atoms with Gasteiger partial charge >= 0.3 is 0 Å². The third-order valence-electron chi connectivity index (χ3n) is 6.18. The molecule has 204 valence electrons. The monoisotopic (exact) mass is 571 g/mol. The van der Waals surface area contributed by atoms with E-state index in [1.54, 1.807) is 38.1 Å². The van der Waals surface area contributed by atoms with E-state index in [-0.39, 0.29) is 24.5 Å². The molecule has 0 radical (unpaired) electrons. The predicted octanol–water partition coefficient (Wildman–Crippen LogP) is 3.56. The molecule has 1 fully saturated rings. The van der Waals surface area contributed by atoms with Gasteiger partial charge in [0.1, 0.15) is 18.4 Å². The standard InChI is InChI=1S/C25H34ClN3O6S2/c1-4-23(29(36(3,31)32)24-18-20(26)9-8-19(24)2)25(30)27-14-17-35-21-10-12-22(13-11-21)37(33,34)28-15-6-5-7-16-28/h8-13,18,23H,4-7,14-17H2,1-3H3,(H,27,30)/t23-/m0/s1. The molecular formula is C25H34ClN3O6S2. The Bertz CT molecular complexity index is 1290. The summed E-state index contributed by atoms with van der Waals surface area (Å²) in [6.07, 6.45) is 4.08. The Morgan fingerprint density at radius 1 is 1.08 bits per heavy atom. The van der Waals surface area contributed by atoms with Crippen LogP contribution in [0.1, 0.15) is 38.2 Å². The van der Waals surface area contributed by atoms with Crippen molar-refractivity contribution in [2.75, 3.05) is 36.8 Å². The van der Waals surface area contributed by atoms with Crippen molar-refractivity contribution in [2.24, 2.45) is 0 Å². The number of anilines is 1. The zero-order chi connectivity index (χ0) is 27.2. The molecule has 0 aliphatic carbocycles. The lowest BCUT2D eigenvalue weighted by Gasteiger charge is -2.31. The van der Waals surface area contributed by atoms with Crippen molar-refractivity contribution < 1.29 is 26.4 Å². The smallest absolute Gasteiger partial charge is 0.244 e. The van der Waals surface area contributed by atoms with Gasteiger partial charge in [-0.1, -0.05) is 31.0 Å². The summed E-state index contributed by atoms with van der Waals surface area (Å²) in [5, 5.41) is 3.10. The second-order valence-corrected chi connectivity index (χ2v) is 13.2. The van der Waals surface area contributed by atoms with Gasteiger partial charge in [-0.3, -0.25) is 9.10 Å². The first-order chi connectivity index (χ1) is 17.4. The molecule has 12 heteroatoms. The first-order valence-electron chi connectivity index (χ1n) is 12.2. The molecule has 0 aromatic heterocycles. The molecule has 37 heavy (non-hydrogen) atoms. The molecule has 1 amide bonds. The summed E-state index contributed by atoms with van der Waals surface area (Å²) in [7, 11) is -7.30. The van der Waals surface area contributed by atoms with Gasteiger partial charge in [0.15, 0.2) is 0 Å². The Morgan fingerprint density at radius 3 is 2.32 bits per heavy atom. The maximum Gasteiger partial charge on any atom is 0.244 e. The minimum atomic E-state index is -3.78. The van der Waals surface area contributed by atoms with Gasteiger partial charge in [0.05, 0.1) is 23.4 Å². The van der Waals surface area contributed by atoms with Gasteiger partial charge in [-0.25, -0.2) is 16.8 Å². The van der Waals surface area contributed by atoms with Crippen LogP contribution in [0.4, 0.5) is 5.69 Å². The van der Waals surface area contributed by atoms with Crippen LogP contribution in [-0.2, 0) is 24.8 Å². The predicted molar refractivity (Wildman–Crippen MR) is 145 cm³/mol. The molecule has 1 saturated heterocycles. The van der Waals surface area contributed by atoms with Crippen LogP contribution in [0.5, 0.6) is 5.75 Å². The lowest BCUT2D eigenvalue weighted by molar-refractivity contribution is -0.122. The highest BCUT2D eigenvalue weighted by atomic mass is 35.5. The Kier molecular flexibility index (Phi) is 9.85. The van der Waals surface area contributed by atoms with Crippen molar-refractivity contribution in [3.05, 3.63) is 53.1 Å². The summed E-state index contributed by atoms with van der Waals surface area (Å²) in [6.45, 7) is 4.81. The van der Waals surface area contributed by atoms with E-state index in [1.165, 1.54) is 22.5 Å². The summed E-state index contributed by atoms with van der Waals surface area (Å²) in [5.74, 6) is 0.00470. The molecule has 3 rings (SSSR count). The summed E-state index contributed by atoms with van der Waals surface area (Å²) in [6, 6.07) is 10.1. The highest BCUT2D eigenvalue weighted by molar-refractivity contribution is 7.92. The van der Waals surface area contributed by atoms with Crippen LogP contribution in [0.3, 0.4) is 0 Å². The normalized spacial score (nSPS) is 15.7. The number of sulfonamides is 2. The average molecular weight is 572 g/mol. The van der Waals surface area contributed by atoms with E-state index in [1.807, 2.05) is 0 Å². The molecule has 1 N–H and O–H groups in total. The SMILES string of the molecule is CC[C@@H](C(=O)NCCOc1ccc(S(=O)(=O)N2CCCCC2)cc1)N(c1cc(Cl)ccc1C)S(C)(=O)=O. The Hall–Kier alpha value is -2.34. The fraction of sp³-hybridized carbons (Fsp3) is 0.480. The van der Waals surface area contributed by atoms with Gasteiger partial charge in [-0.2, -0.15) is 4.31 Å². The Balaban J connectivity index is 1.60. The molecule has 1 heterocycles. The second kappa shape index (κ2) is 12.5. The number of aryl methyl sites for hydroxylation is 1. The molecular weight excluding hydrogens is 538 g/mol. The largest absolute Gasteiger partial charge is 0.492 e. The third kappa shape index (κ3) is 7.37. The summed E-state index contributed by atoms with van der Waals surface area (Å²) < 4.78 is 59.1. The number of hydrogen-bond donors (Lipinski definition) is 1. The maximum absolute atomic E-state index is 13.0. The van der Waals surface area contributed by atoms with Crippen molar-refractivity contribution in [3.8, 4) is 5.75 Å². The van der Waals surface area contributed by atoms with E-state index in [0.717, 1.165) is 29.8 Å². The number of benzene rings is 2. The number of carbonyl (C=O) groups excluding carboxylic acids is 1. The van der Waals surface area contributed by atoms with Gasteiger partial charge in [0, 0.05) is 18.1 Å². The van der Waals surface area contributed by atoms with Crippen molar-refractivity contribution in [1.29, 1.82) is 0 Å². The molecule has 1 atom stereocenters. The van der Waals surface area contributed by atoms with E-state index in [4.69, 9.17) is 16.3 Å². The zero-order valence-corrected chi connectivity index (χ0v) is 23.7. The number of nitrogens with zero attached hydrogens (tertiary/aromatic N) is 2. The fourth-order valence-corrected chi connectivity index (χ4v) is 7.22. The van der Waals surface area contributed by atoms with Crippen molar-refractivity contribution in [2.45, 2.75) is 50.5 Å². The number of ether oxygens (including phenoxy) is 1. The average Bonchev–Trinajstić information content (AvgIpc) is 2.86. The van der Waals surface area contributed by atoms with E-state index in [2.05, 4.69) is 5.32 Å². The first-order valence-corrected chi connectivity index (χ1v) is 15.9. The van der Waals surface area contributed by atoms with Crippen LogP contribution in [0.15, 0.2) is 47.4 Å². The highest BCUT2D eigenvalue weighted by Gasteiger charge is 2.32. The zero-order valence-electron chi connectivity index (χ0n) is 21.3. The molecule has 2 aromatic carbocycles. The molecule has 2 aromatic rings. The van der Waals surface area contributed by atoms with E-state index < -0.39 is 32.0 Å². The molecule has 9 nitrogen and oxygen atoms in total. The van der Waals surface area contributed by atoms with Crippen LogP contribution < -0.4 is 14.4 Å². The maximum atomic E-state index is 13.0. The summed E-state index contributed by atoms with van der Waals surface area (Å²) in [5.41, 5.74) is 1.03. The van der Waals surface area contributed by atoms with Gasteiger partial charge in [0.25, 0.3) is 0 Å². The number of halogens is 1. The summed E-state index contributed by atoms with van der Waals surface area (Å²) in [4.78, 5) is 13.2. The molecule has 1 aliphatic heterocycles. The lowest BCUT2D eigenvalue weighted by atomic mass is 10.1. The second-order valence-electron chi connectivity index (χ2n) is 8.99. The van der Waals surface area contributed by atoms with Crippen LogP contribution in [-0.4, -0.2) is 65.6 Å². The van der Waals surface area contributed by atoms with Gasteiger partial charge < -0.3 is 10.1 Å². The van der Waals surface area contributed by atoms with Crippen LogP contribution in [0.2, 0.25) is 5.02 Å². The Labute approximate surface area is 224 Å². The van der Waals surface area contributed by atoms with Crippen molar-refractivity contribution in [3.63, 3.8) is 0 Å². The first kappa shape index (κ1) is 29.2. The quantitative estimate of drug-likeness (QED) is 0.413. The number of hydrogen-bond acceptors (Lipinski definition) is 6. The van der Waals surface area contributed by atoms with Crippen molar-refractivity contribution >= 4 is 43.2 Å². The summed E-state index contributed by atoms with van der Waals surface area (Å²) >= 11 is 6.10. The molecule has 0 spiro atoms. The number of piperidine rings is 1. The van der Waals surface area contributed by atoms with Crippen LogP contribution in [0.25, 0.3) is 0 Å². The highest BCUT2D eigenvalue weighted by Crippen LogP contribution is 2.29. The van der Waals surface area contributed by atoms with Gasteiger partial charge in [-0.05, 0) is 68.1 Å². The molecule has 0 saturated carbocycles. The molecule has 0 unspecified atom stereocenters. The van der Waals surface area contributed by atoms with Crippen molar-refractivity contribution in [1.82, 2.24) is 9.62 Å². The molecule has 0 bridgehead atoms. The number of rotatable bonds is 11.